The predicted octanol–water partition coefficient (Wildman–Crippen LogP) is 3.65. The van der Waals surface area contributed by atoms with Crippen molar-refractivity contribution in [2.24, 2.45) is 0 Å². The number of aromatic carboxylic acids is 1. The zero-order valence-electron chi connectivity index (χ0n) is 6.35. The van der Waals surface area contributed by atoms with E-state index >= 15 is 0 Å². The van der Waals surface area contributed by atoms with Crippen molar-refractivity contribution in [1.29, 1.82) is 0 Å². The molecule has 0 unspecified atom stereocenters. The fourth-order valence-corrected chi connectivity index (χ4v) is 2.93. The number of carboxylic acids is 1. The lowest BCUT2D eigenvalue weighted by molar-refractivity contribution is 0.0696. The van der Waals surface area contributed by atoms with Gasteiger partial charge in [-0.25, -0.2) is 4.79 Å². The fraction of sp³-hybridized carbons (Fsp3) is 0.125. The second kappa shape index (κ2) is 4.44. The van der Waals surface area contributed by atoms with Crippen LogP contribution in [0.3, 0.4) is 0 Å². The van der Waals surface area contributed by atoms with Crippen LogP contribution in [-0.2, 0) is 5.88 Å². The maximum absolute atomic E-state index is 10.6. The summed E-state index contributed by atoms with van der Waals surface area (Å²) in [7, 11) is 0. The zero-order valence-corrected chi connectivity index (χ0v) is 10.3. The molecule has 0 atom stereocenters. The topological polar surface area (TPSA) is 37.3 Å². The Morgan fingerprint density at radius 1 is 1.38 bits per heavy atom. The van der Waals surface area contributed by atoms with E-state index in [1.54, 1.807) is 0 Å². The van der Waals surface area contributed by atoms with Crippen LogP contribution < -0.4 is 0 Å². The van der Waals surface area contributed by atoms with Crippen LogP contribution in [0.1, 0.15) is 15.9 Å². The van der Waals surface area contributed by atoms with Gasteiger partial charge < -0.3 is 5.11 Å². The Hall–Kier alpha value is -0.0600. The molecule has 1 aromatic rings. The van der Waals surface area contributed by atoms with E-state index < -0.39 is 5.97 Å². The molecule has 1 N–H and O–H groups in total. The van der Waals surface area contributed by atoms with Crippen molar-refractivity contribution in [3.05, 3.63) is 32.2 Å². The molecule has 2 nitrogen and oxygen atoms in total. The summed E-state index contributed by atoms with van der Waals surface area (Å²) in [6.45, 7) is 0. The van der Waals surface area contributed by atoms with E-state index in [4.69, 9.17) is 16.7 Å². The molecule has 0 spiro atoms. The van der Waals surface area contributed by atoms with Gasteiger partial charge in [-0.05, 0) is 17.7 Å². The quantitative estimate of drug-likeness (QED) is 0.842. The minimum absolute atomic E-state index is 0.229. The molecule has 0 aliphatic rings. The van der Waals surface area contributed by atoms with Gasteiger partial charge >= 0.3 is 5.97 Å². The summed E-state index contributed by atoms with van der Waals surface area (Å²) in [6, 6.07) is 3.07. The highest BCUT2D eigenvalue weighted by Gasteiger charge is 2.10. The minimum atomic E-state index is -0.956. The molecule has 0 amide bonds. The Morgan fingerprint density at radius 2 is 1.85 bits per heavy atom. The van der Waals surface area contributed by atoms with Crippen molar-refractivity contribution in [3.63, 3.8) is 0 Å². The average Bonchev–Trinajstić information content (AvgIpc) is 2.03. The third kappa shape index (κ3) is 2.45. The fourth-order valence-electron chi connectivity index (χ4n) is 0.854. The van der Waals surface area contributed by atoms with Crippen LogP contribution in [0.25, 0.3) is 0 Å². The molecule has 0 radical (unpaired) electrons. The third-order valence-electron chi connectivity index (χ3n) is 1.52. The molecule has 0 heterocycles. The average molecular weight is 328 g/mol. The first kappa shape index (κ1) is 11.0. The summed E-state index contributed by atoms with van der Waals surface area (Å²) < 4.78 is 1.41. The second-order valence-corrected chi connectivity index (χ2v) is 4.33. The van der Waals surface area contributed by atoms with E-state index in [-0.39, 0.29) is 5.56 Å². The van der Waals surface area contributed by atoms with Crippen molar-refractivity contribution >= 4 is 49.4 Å². The summed E-state index contributed by atoms with van der Waals surface area (Å²) >= 11 is 12.2. The van der Waals surface area contributed by atoms with Crippen molar-refractivity contribution < 1.29 is 9.90 Å². The van der Waals surface area contributed by atoms with E-state index in [1.807, 2.05) is 0 Å². The highest BCUT2D eigenvalue weighted by molar-refractivity contribution is 9.11. The molecule has 0 fully saturated rings. The minimum Gasteiger partial charge on any atom is -0.478 e. The van der Waals surface area contributed by atoms with Gasteiger partial charge in [0.25, 0.3) is 0 Å². The first-order valence-corrected chi connectivity index (χ1v) is 5.45. The Morgan fingerprint density at radius 3 is 2.15 bits per heavy atom. The number of rotatable bonds is 2. The Balaban J connectivity index is 3.28. The molecule has 0 aliphatic carbocycles. The van der Waals surface area contributed by atoms with E-state index in [0.717, 1.165) is 5.56 Å². The summed E-state index contributed by atoms with van der Waals surface area (Å²) in [5.74, 6) is -0.622. The molecular weight excluding hydrogens is 323 g/mol. The maximum atomic E-state index is 10.6. The molecule has 1 rings (SSSR count). The first-order valence-electron chi connectivity index (χ1n) is 3.33. The summed E-state index contributed by atoms with van der Waals surface area (Å²) in [5.41, 5.74) is 1.08. The molecule has 0 saturated carbocycles. The number of hydrogen-bond acceptors (Lipinski definition) is 1. The van der Waals surface area contributed by atoms with Gasteiger partial charge in [0.1, 0.15) is 0 Å². The molecule has 0 aromatic heterocycles. The first-order chi connectivity index (χ1) is 6.06. The molecule has 70 valence electrons. The normalized spacial score (nSPS) is 10.1. The third-order valence-corrected chi connectivity index (χ3v) is 3.20. The largest absolute Gasteiger partial charge is 0.478 e. The smallest absolute Gasteiger partial charge is 0.335 e. The Bertz CT molecular complexity index is 329. The van der Waals surface area contributed by atoms with Gasteiger partial charge in [-0.1, -0.05) is 31.9 Å². The lowest BCUT2D eigenvalue weighted by atomic mass is 10.1. The summed E-state index contributed by atoms with van der Waals surface area (Å²) in [6.07, 6.45) is 0. The number of carboxylic acid groups (broad SMARTS) is 1. The van der Waals surface area contributed by atoms with Gasteiger partial charge in [-0.2, -0.15) is 0 Å². The highest BCUT2D eigenvalue weighted by atomic mass is 79.9. The Kier molecular flexibility index (Phi) is 3.76. The summed E-state index contributed by atoms with van der Waals surface area (Å²) in [5, 5.41) is 8.72. The van der Waals surface area contributed by atoms with Crippen molar-refractivity contribution in [2.45, 2.75) is 5.88 Å². The van der Waals surface area contributed by atoms with Gasteiger partial charge in [0, 0.05) is 14.8 Å². The van der Waals surface area contributed by atoms with E-state index in [2.05, 4.69) is 31.9 Å². The maximum Gasteiger partial charge on any atom is 0.335 e. The number of benzene rings is 1. The SMILES string of the molecule is O=C(O)c1cc(Br)c(CCl)c(Br)c1. The molecular formula is C8H5Br2ClO2. The molecule has 1 aromatic carbocycles. The van der Waals surface area contributed by atoms with Gasteiger partial charge in [0.15, 0.2) is 0 Å². The lowest BCUT2D eigenvalue weighted by Crippen LogP contribution is -1.97. The number of alkyl halides is 1. The van der Waals surface area contributed by atoms with Gasteiger partial charge in [0.2, 0.25) is 0 Å². The zero-order chi connectivity index (χ0) is 10.0. The van der Waals surface area contributed by atoms with E-state index in [0.29, 0.717) is 14.8 Å². The van der Waals surface area contributed by atoms with Crippen LogP contribution in [0.15, 0.2) is 21.1 Å². The highest BCUT2D eigenvalue weighted by Crippen LogP contribution is 2.28. The lowest BCUT2D eigenvalue weighted by Gasteiger charge is -2.04. The van der Waals surface area contributed by atoms with Crippen LogP contribution in [0.5, 0.6) is 0 Å². The van der Waals surface area contributed by atoms with Gasteiger partial charge in [-0.3, -0.25) is 0 Å². The van der Waals surface area contributed by atoms with Gasteiger partial charge in [0.05, 0.1) is 5.56 Å². The van der Waals surface area contributed by atoms with Crippen LogP contribution in [0, 0.1) is 0 Å². The van der Waals surface area contributed by atoms with Crippen LogP contribution >= 0.6 is 43.5 Å². The molecule has 13 heavy (non-hydrogen) atoms. The van der Waals surface area contributed by atoms with Crippen molar-refractivity contribution in [2.75, 3.05) is 0 Å². The number of carbonyl (C=O) groups is 1. The number of halogens is 3. The van der Waals surface area contributed by atoms with Crippen molar-refractivity contribution in [3.8, 4) is 0 Å². The second-order valence-electron chi connectivity index (χ2n) is 2.36. The monoisotopic (exact) mass is 326 g/mol. The van der Waals surface area contributed by atoms with Crippen molar-refractivity contribution in [1.82, 2.24) is 0 Å². The standard InChI is InChI=1S/C8H5Br2ClO2/c9-6-1-4(8(12)13)2-7(10)5(6)3-11/h1-2H,3H2,(H,12,13). The molecule has 0 aliphatic heterocycles. The van der Waals surface area contributed by atoms with Crippen LogP contribution in [0.4, 0.5) is 0 Å². The molecule has 0 bridgehead atoms. The van der Waals surface area contributed by atoms with E-state index in [1.165, 1.54) is 12.1 Å². The summed E-state index contributed by atoms with van der Waals surface area (Å²) in [4.78, 5) is 10.6. The number of hydrogen-bond donors (Lipinski definition) is 1. The Labute approximate surface area is 97.2 Å². The predicted molar refractivity (Wildman–Crippen MR) is 58.4 cm³/mol. The van der Waals surface area contributed by atoms with Crippen LogP contribution in [0.2, 0.25) is 0 Å². The van der Waals surface area contributed by atoms with E-state index in [9.17, 15) is 4.79 Å². The molecule has 0 saturated heterocycles. The molecule has 5 heteroatoms. The van der Waals surface area contributed by atoms with Gasteiger partial charge in [-0.15, -0.1) is 11.6 Å². The van der Waals surface area contributed by atoms with Crippen LogP contribution in [-0.4, -0.2) is 11.1 Å².